The highest BCUT2D eigenvalue weighted by molar-refractivity contribution is 5.66. The van der Waals surface area contributed by atoms with Gasteiger partial charge in [0.2, 0.25) is 0 Å². The van der Waals surface area contributed by atoms with Crippen molar-refractivity contribution in [1.82, 2.24) is 0 Å². The minimum Gasteiger partial charge on any atom is -0.378 e. The second-order valence-electron chi connectivity index (χ2n) is 10.00. The van der Waals surface area contributed by atoms with E-state index in [0.29, 0.717) is 23.7 Å². The monoisotopic (exact) mass is 458 g/mol. The zero-order chi connectivity index (χ0) is 23.4. The van der Waals surface area contributed by atoms with Crippen molar-refractivity contribution in [3.05, 3.63) is 58.9 Å². The molecular formula is C29H37F3O. The first-order valence-electron chi connectivity index (χ1n) is 12.8. The third-order valence-corrected chi connectivity index (χ3v) is 7.97. The largest absolute Gasteiger partial charge is 0.378 e. The Morgan fingerprint density at radius 3 is 2.15 bits per heavy atom. The maximum Gasteiger partial charge on any atom is 0.266 e. The highest BCUT2D eigenvalue weighted by atomic mass is 19.3. The van der Waals surface area contributed by atoms with E-state index in [0.717, 1.165) is 31.6 Å². The van der Waals surface area contributed by atoms with Crippen molar-refractivity contribution in [3.63, 3.8) is 0 Å². The van der Waals surface area contributed by atoms with Gasteiger partial charge in [-0.25, -0.2) is 13.2 Å². The van der Waals surface area contributed by atoms with E-state index in [2.05, 4.69) is 26.0 Å². The van der Waals surface area contributed by atoms with Gasteiger partial charge in [0.15, 0.2) is 0 Å². The topological polar surface area (TPSA) is 9.23 Å². The van der Waals surface area contributed by atoms with E-state index in [1.165, 1.54) is 37.7 Å². The van der Waals surface area contributed by atoms with Crippen LogP contribution in [-0.2, 0) is 4.74 Å². The molecule has 2 fully saturated rings. The molecule has 180 valence electrons. The smallest absolute Gasteiger partial charge is 0.266 e. The van der Waals surface area contributed by atoms with Gasteiger partial charge >= 0.3 is 0 Å². The van der Waals surface area contributed by atoms with Crippen molar-refractivity contribution in [2.24, 2.45) is 5.92 Å². The molecule has 4 heteroatoms. The van der Waals surface area contributed by atoms with Crippen molar-refractivity contribution >= 4 is 0 Å². The summed E-state index contributed by atoms with van der Waals surface area (Å²) in [4.78, 5) is 0. The summed E-state index contributed by atoms with van der Waals surface area (Å²) >= 11 is 0. The molecule has 2 aromatic rings. The molecule has 0 N–H and O–H groups in total. The number of ether oxygens (including phenoxy) is 1. The van der Waals surface area contributed by atoms with Crippen LogP contribution in [0.4, 0.5) is 13.2 Å². The lowest BCUT2D eigenvalue weighted by molar-refractivity contribution is -0.00190. The van der Waals surface area contributed by atoms with Gasteiger partial charge in [0, 0.05) is 11.5 Å². The van der Waals surface area contributed by atoms with Gasteiger partial charge in [-0.15, -0.1) is 0 Å². The number of rotatable bonds is 7. The predicted molar refractivity (Wildman–Crippen MR) is 128 cm³/mol. The van der Waals surface area contributed by atoms with Crippen LogP contribution < -0.4 is 0 Å². The fourth-order valence-corrected chi connectivity index (χ4v) is 5.85. The van der Waals surface area contributed by atoms with Gasteiger partial charge in [0.1, 0.15) is 5.82 Å². The Morgan fingerprint density at radius 1 is 0.879 bits per heavy atom. The van der Waals surface area contributed by atoms with Gasteiger partial charge < -0.3 is 4.74 Å². The average Bonchev–Trinajstić information content (AvgIpc) is 2.84. The van der Waals surface area contributed by atoms with E-state index in [9.17, 15) is 8.78 Å². The first-order valence-corrected chi connectivity index (χ1v) is 12.8. The Kier molecular flexibility index (Phi) is 8.16. The van der Waals surface area contributed by atoms with Crippen molar-refractivity contribution in [1.29, 1.82) is 0 Å². The van der Waals surface area contributed by atoms with Crippen LogP contribution in [0.2, 0.25) is 0 Å². The fourth-order valence-electron chi connectivity index (χ4n) is 5.85. The standard InChI is InChI=1S/C29H37F3O/c1-3-5-24-15-14-23(18-33-24)25-16-17-26(28(30)27(25)29(31)32)22-12-10-21(11-13-22)20-8-6-19(4-2)7-9-20/h10-13,16-17,19-20,23-24,29H,3-9,14-15,18H2,1-2H3. The highest BCUT2D eigenvalue weighted by Crippen LogP contribution is 2.41. The molecule has 2 aromatic carbocycles. The third kappa shape index (κ3) is 5.48. The Bertz CT molecular complexity index is 892. The van der Waals surface area contributed by atoms with Gasteiger partial charge in [0.05, 0.1) is 18.3 Å². The molecule has 0 aromatic heterocycles. The van der Waals surface area contributed by atoms with Crippen molar-refractivity contribution < 1.29 is 17.9 Å². The molecule has 0 bridgehead atoms. The number of hydrogen-bond acceptors (Lipinski definition) is 1. The summed E-state index contributed by atoms with van der Waals surface area (Å²) in [5.74, 6) is 0.433. The molecule has 1 saturated heterocycles. The molecule has 1 heterocycles. The first kappa shape index (κ1) is 24.3. The SMILES string of the molecule is CCCC1CCC(c2ccc(-c3ccc(C4CCC(CC)CC4)cc3)c(F)c2C(F)F)CO1. The van der Waals surface area contributed by atoms with Gasteiger partial charge in [-0.2, -0.15) is 0 Å². The molecule has 33 heavy (non-hydrogen) atoms. The summed E-state index contributed by atoms with van der Waals surface area (Å²) in [6.07, 6.45) is 7.14. The van der Waals surface area contributed by atoms with E-state index in [-0.39, 0.29) is 17.6 Å². The molecule has 0 amide bonds. The lowest BCUT2D eigenvalue weighted by atomic mass is 9.77. The molecule has 2 aliphatic rings. The summed E-state index contributed by atoms with van der Waals surface area (Å²) < 4.78 is 49.4. The Morgan fingerprint density at radius 2 is 1.58 bits per heavy atom. The number of alkyl halides is 2. The van der Waals surface area contributed by atoms with Crippen molar-refractivity contribution in [2.75, 3.05) is 6.61 Å². The molecular weight excluding hydrogens is 421 g/mol. The maximum atomic E-state index is 15.4. The maximum absolute atomic E-state index is 15.4. The third-order valence-electron chi connectivity index (χ3n) is 7.97. The highest BCUT2D eigenvalue weighted by Gasteiger charge is 2.30. The van der Waals surface area contributed by atoms with Gasteiger partial charge in [-0.05, 0) is 73.5 Å². The van der Waals surface area contributed by atoms with E-state index in [1.54, 1.807) is 12.1 Å². The molecule has 1 aliphatic heterocycles. The summed E-state index contributed by atoms with van der Waals surface area (Å²) in [6, 6.07) is 11.3. The second-order valence-corrected chi connectivity index (χ2v) is 10.00. The zero-order valence-corrected chi connectivity index (χ0v) is 20.0. The summed E-state index contributed by atoms with van der Waals surface area (Å²) in [7, 11) is 0. The van der Waals surface area contributed by atoms with Crippen molar-refractivity contribution in [3.8, 4) is 11.1 Å². The quantitative estimate of drug-likeness (QED) is 0.402. The molecule has 1 nitrogen and oxygen atoms in total. The van der Waals surface area contributed by atoms with E-state index in [4.69, 9.17) is 4.74 Å². The summed E-state index contributed by atoms with van der Waals surface area (Å²) in [5.41, 5.74) is 2.16. The Balaban J connectivity index is 1.53. The lowest BCUT2D eigenvalue weighted by Gasteiger charge is -2.30. The van der Waals surface area contributed by atoms with Crippen LogP contribution in [0.15, 0.2) is 36.4 Å². The van der Waals surface area contributed by atoms with Gasteiger partial charge in [-0.1, -0.05) is 63.1 Å². The molecule has 0 radical (unpaired) electrons. The normalized spacial score (nSPS) is 26.0. The van der Waals surface area contributed by atoms with Gasteiger partial charge in [-0.3, -0.25) is 0 Å². The van der Waals surface area contributed by atoms with Crippen LogP contribution in [0.1, 0.15) is 107 Å². The molecule has 4 rings (SSSR count). The van der Waals surface area contributed by atoms with Crippen LogP contribution in [0.25, 0.3) is 11.1 Å². The van der Waals surface area contributed by atoms with E-state index < -0.39 is 17.8 Å². The summed E-state index contributed by atoms with van der Waals surface area (Å²) in [5, 5.41) is 0. The van der Waals surface area contributed by atoms with Crippen LogP contribution >= 0.6 is 0 Å². The van der Waals surface area contributed by atoms with Crippen molar-refractivity contribution in [2.45, 2.75) is 96.0 Å². The van der Waals surface area contributed by atoms with Crippen LogP contribution in [0.5, 0.6) is 0 Å². The minimum absolute atomic E-state index is 0.175. The number of hydrogen-bond donors (Lipinski definition) is 0. The van der Waals surface area contributed by atoms with Crippen LogP contribution in [0.3, 0.4) is 0 Å². The number of benzene rings is 2. The lowest BCUT2D eigenvalue weighted by Crippen LogP contribution is -2.25. The molecule has 2 atom stereocenters. The minimum atomic E-state index is -2.85. The first-order chi connectivity index (χ1) is 16.0. The second kappa shape index (κ2) is 11.1. The van der Waals surface area contributed by atoms with Crippen LogP contribution in [-0.4, -0.2) is 12.7 Å². The zero-order valence-electron chi connectivity index (χ0n) is 20.0. The van der Waals surface area contributed by atoms with Crippen LogP contribution in [0, 0.1) is 11.7 Å². The molecule has 0 spiro atoms. The van der Waals surface area contributed by atoms with E-state index >= 15 is 4.39 Å². The Hall–Kier alpha value is -1.81. The fraction of sp³-hybridized carbons (Fsp3) is 0.586. The van der Waals surface area contributed by atoms with Gasteiger partial charge in [0.25, 0.3) is 6.43 Å². The predicted octanol–water partition coefficient (Wildman–Crippen LogP) is 9.18. The van der Waals surface area contributed by atoms with E-state index in [1.807, 2.05) is 12.1 Å². The Labute approximate surface area is 196 Å². The molecule has 1 saturated carbocycles. The molecule has 2 unspecified atom stereocenters. The average molecular weight is 459 g/mol. The number of halogens is 3. The summed E-state index contributed by atoms with van der Waals surface area (Å²) in [6.45, 7) is 4.76. The molecule has 1 aliphatic carbocycles.